The number of benzene rings is 1. The quantitative estimate of drug-likeness (QED) is 0.501. The number of aromatic hydroxyl groups is 1. The van der Waals surface area contributed by atoms with E-state index >= 15 is 0 Å². The SMILES string of the molecule is O=c1[nH]c(CCCOc2cccc(CN3CCCCC3)c2)ncc1Cc1ccnc(O)c1. The van der Waals surface area contributed by atoms with Crippen LogP contribution in [0.1, 0.15) is 48.2 Å². The minimum atomic E-state index is -0.155. The number of aromatic amines is 1. The molecule has 1 saturated heterocycles. The van der Waals surface area contributed by atoms with E-state index in [1.54, 1.807) is 18.3 Å². The van der Waals surface area contributed by atoms with E-state index in [-0.39, 0.29) is 11.4 Å². The molecule has 0 aliphatic carbocycles. The number of ether oxygens (including phenoxy) is 1. The molecule has 1 aromatic carbocycles. The maximum Gasteiger partial charge on any atom is 0.254 e. The normalized spacial score (nSPS) is 14.4. The van der Waals surface area contributed by atoms with Crippen molar-refractivity contribution in [2.24, 2.45) is 0 Å². The summed E-state index contributed by atoms with van der Waals surface area (Å²) in [5.41, 5.74) is 2.50. The van der Waals surface area contributed by atoms with Gasteiger partial charge in [0, 0.05) is 43.4 Å². The van der Waals surface area contributed by atoms with Gasteiger partial charge < -0.3 is 14.8 Å². The number of nitrogens with one attached hydrogen (secondary N) is 1. The molecule has 0 unspecified atom stereocenters. The first-order valence-corrected chi connectivity index (χ1v) is 11.3. The minimum Gasteiger partial charge on any atom is -0.494 e. The second-order valence-electron chi connectivity index (χ2n) is 8.32. The first kappa shape index (κ1) is 22.0. The second kappa shape index (κ2) is 10.9. The molecule has 3 heterocycles. The molecule has 0 radical (unpaired) electrons. The maximum atomic E-state index is 12.4. The lowest BCUT2D eigenvalue weighted by Gasteiger charge is -2.26. The lowest BCUT2D eigenvalue weighted by Crippen LogP contribution is -2.29. The Morgan fingerprint density at radius 3 is 2.75 bits per heavy atom. The number of aryl methyl sites for hydroxylation is 1. The standard InChI is InChI=1S/C25H30N4O3/c30-24-16-19(9-10-26-24)14-21-17-27-23(28-25(21)31)8-5-13-32-22-7-4-6-20(15-22)18-29-11-2-1-3-12-29/h4,6-7,9-10,15-17H,1-3,5,8,11-14,18H2,(H,26,30)(H,27,28,31). The molecule has 1 aliphatic heterocycles. The van der Waals surface area contributed by atoms with Gasteiger partial charge in [0.15, 0.2) is 0 Å². The van der Waals surface area contributed by atoms with Crippen molar-refractivity contribution in [2.45, 2.75) is 45.1 Å². The van der Waals surface area contributed by atoms with Crippen molar-refractivity contribution < 1.29 is 9.84 Å². The Morgan fingerprint density at radius 2 is 1.94 bits per heavy atom. The molecular formula is C25H30N4O3. The fraction of sp³-hybridized carbons (Fsp3) is 0.400. The van der Waals surface area contributed by atoms with E-state index < -0.39 is 0 Å². The number of pyridine rings is 1. The van der Waals surface area contributed by atoms with Crippen LogP contribution in [0, 0.1) is 0 Å². The zero-order valence-electron chi connectivity index (χ0n) is 18.3. The third-order valence-corrected chi connectivity index (χ3v) is 5.71. The molecule has 2 aromatic heterocycles. The van der Waals surface area contributed by atoms with Crippen LogP contribution in [0.25, 0.3) is 0 Å². The van der Waals surface area contributed by atoms with Crippen molar-refractivity contribution in [3.8, 4) is 11.6 Å². The van der Waals surface area contributed by atoms with Gasteiger partial charge >= 0.3 is 0 Å². The highest BCUT2D eigenvalue weighted by atomic mass is 16.5. The Balaban J connectivity index is 1.24. The molecule has 32 heavy (non-hydrogen) atoms. The van der Waals surface area contributed by atoms with Crippen LogP contribution < -0.4 is 10.3 Å². The van der Waals surface area contributed by atoms with E-state index in [0.29, 0.717) is 30.8 Å². The van der Waals surface area contributed by atoms with Crippen molar-refractivity contribution in [1.29, 1.82) is 0 Å². The van der Waals surface area contributed by atoms with Crippen molar-refractivity contribution in [3.63, 3.8) is 0 Å². The van der Waals surface area contributed by atoms with Crippen LogP contribution in [0.2, 0.25) is 0 Å². The summed E-state index contributed by atoms with van der Waals surface area (Å²) in [7, 11) is 0. The van der Waals surface area contributed by atoms with E-state index in [9.17, 15) is 9.90 Å². The molecule has 1 aliphatic rings. The molecule has 0 spiro atoms. The Morgan fingerprint density at radius 1 is 1.06 bits per heavy atom. The number of aromatic nitrogens is 3. The number of nitrogens with zero attached hydrogens (tertiary/aromatic N) is 3. The first-order valence-electron chi connectivity index (χ1n) is 11.3. The van der Waals surface area contributed by atoms with Gasteiger partial charge in [-0.1, -0.05) is 18.6 Å². The molecule has 7 heteroatoms. The largest absolute Gasteiger partial charge is 0.494 e. The van der Waals surface area contributed by atoms with E-state index in [4.69, 9.17) is 4.74 Å². The number of H-pyrrole nitrogens is 1. The van der Waals surface area contributed by atoms with Gasteiger partial charge in [-0.05, 0) is 61.7 Å². The highest BCUT2D eigenvalue weighted by Crippen LogP contribution is 2.18. The van der Waals surface area contributed by atoms with Crippen molar-refractivity contribution in [2.75, 3.05) is 19.7 Å². The van der Waals surface area contributed by atoms with Gasteiger partial charge in [0.05, 0.1) is 6.61 Å². The van der Waals surface area contributed by atoms with Crippen LogP contribution in [-0.2, 0) is 19.4 Å². The predicted octanol–water partition coefficient (Wildman–Crippen LogP) is 3.46. The third kappa shape index (κ3) is 6.40. The fourth-order valence-electron chi connectivity index (χ4n) is 4.04. The van der Waals surface area contributed by atoms with Gasteiger partial charge in [-0.25, -0.2) is 9.97 Å². The Hall–Kier alpha value is -3.19. The van der Waals surface area contributed by atoms with Crippen LogP contribution in [0.4, 0.5) is 0 Å². The van der Waals surface area contributed by atoms with Gasteiger partial charge in [-0.2, -0.15) is 0 Å². The summed E-state index contributed by atoms with van der Waals surface area (Å²) in [4.78, 5) is 25.9. The Kier molecular flexibility index (Phi) is 7.51. The van der Waals surface area contributed by atoms with Crippen molar-refractivity contribution in [1.82, 2.24) is 19.9 Å². The molecule has 3 aromatic rings. The molecule has 1 fully saturated rings. The van der Waals surface area contributed by atoms with E-state index in [1.807, 2.05) is 6.07 Å². The predicted molar refractivity (Wildman–Crippen MR) is 123 cm³/mol. The number of piperidine rings is 1. The zero-order valence-corrected chi connectivity index (χ0v) is 18.3. The molecular weight excluding hydrogens is 404 g/mol. The van der Waals surface area contributed by atoms with E-state index in [0.717, 1.165) is 24.3 Å². The topological polar surface area (TPSA) is 91.3 Å². The highest BCUT2D eigenvalue weighted by Gasteiger charge is 2.11. The van der Waals surface area contributed by atoms with Crippen LogP contribution in [0.3, 0.4) is 0 Å². The molecule has 0 atom stereocenters. The number of likely N-dealkylation sites (tertiary alicyclic amines) is 1. The minimum absolute atomic E-state index is 0.0551. The number of hydrogen-bond acceptors (Lipinski definition) is 6. The highest BCUT2D eigenvalue weighted by molar-refractivity contribution is 5.28. The van der Waals surface area contributed by atoms with Crippen LogP contribution in [-0.4, -0.2) is 44.7 Å². The molecule has 0 bridgehead atoms. The molecule has 0 saturated carbocycles. The summed E-state index contributed by atoms with van der Waals surface area (Å²) in [5.74, 6) is 1.48. The molecule has 2 N–H and O–H groups in total. The van der Waals surface area contributed by atoms with E-state index in [1.165, 1.54) is 44.1 Å². The lowest BCUT2D eigenvalue weighted by atomic mass is 10.1. The summed E-state index contributed by atoms with van der Waals surface area (Å²) in [6.45, 7) is 3.91. The Bertz CT molecular complexity index is 1080. The summed E-state index contributed by atoms with van der Waals surface area (Å²) in [5, 5.41) is 9.47. The van der Waals surface area contributed by atoms with Crippen molar-refractivity contribution in [3.05, 3.63) is 81.7 Å². The fourth-order valence-corrected chi connectivity index (χ4v) is 4.04. The van der Waals surface area contributed by atoms with Crippen LogP contribution in [0.15, 0.2) is 53.6 Å². The summed E-state index contributed by atoms with van der Waals surface area (Å²) < 4.78 is 5.93. The number of rotatable bonds is 9. The third-order valence-electron chi connectivity index (χ3n) is 5.71. The summed E-state index contributed by atoms with van der Waals surface area (Å²) in [6.07, 6.45) is 8.85. The summed E-state index contributed by atoms with van der Waals surface area (Å²) >= 11 is 0. The molecule has 7 nitrogen and oxygen atoms in total. The molecule has 168 valence electrons. The maximum absolute atomic E-state index is 12.4. The van der Waals surface area contributed by atoms with Crippen molar-refractivity contribution >= 4 is 0 Å². The average Bonchev–Trinajstić information content (AvgIpc) is 2.79. The average molecular weight is 435 g/mol. The van der Waals surface area contributed by atoms with Gasteiger partial charge in [0.25, 0.3) is 5.56 Å². The molecule has 0 amide bonds. The smallest absolute Gasteiger partial charge is 0.254 e. The van der Waals surface area contributed by atoms with Gasteiger partial charge in [-0.3, -0.25) is 9.69 Å². The monoisotopic (exact) mass is 434 g/mol. The summed E-state index contributed by atoms with van der Waals surface area (Å²) in [6, 6.07) is 11.6. The van der Waals surface area contributed by atoms with E-state index in [2.05, 4.69) is 38.1 Å². The lowest BCUT2D eigenvalue weighted by molar-refractivity contribution is 0.220. The number of hydrogen-bond donors (Lipinski definition) is 2. The zero-order chi connectivity index (χ0) is 22.2. The van der Waals surface area contributed by atoms with Gasteiger partial charge in [0.1, 0.15) is 11.6 Å². The van der Waals surface area contributed by atoms with Crippen LogP contribution >= 0.6 is 0 Å². The second-order valence-corrected chi connectivity index (χ2v) is 8.32. The van der Waals surface area contributed by atoms with Crippen LogP contribution in [0.5, 0.6) is 11.6 Å². The first-order chi connectivity index (χ1) is 15.7. The van der Waals surface area contributed by atoms with Gasteiger partial charge in [-0.15, -0.1) is 0 Å². The van der Waals surface area contributed by atoms with Gasteiger partial charge in [0.2, 0.25) is 5.88 Å². The molecule has 4 rings (SSSR count). The Labute approximate surface area is 188 Å².